The molecule has 2 heterocycles. The summed E-state index contributed by atoms with van der Waals surface area (Å²) < 4.78 is 13.2. The zero-order valence-corrected chi connectivity index (χ0v) is 20.4. The summed E-state index contributed by atoms with van der Waals surface area (Å²) >= 11 is 7.56. The van der Waals surface area contributed by atoms with Gasteiger partial charge in [0.25, 0.3) is 17.6 Å². The van der Waals surface area contributed by atoms with E-state index in [1.807, 2.05) is 0 Å². The SMILES string of the molecule is CN(C)C(=O)C(=O)c1scc2cc(Cl)c(C(=O)N3CCC(O)(Cc4ccc(F)cc4)CC3)cc12. The Morgan fingerprint density at radius 1 is 1.15 bits per heavy atom. The van der Waals surface area contributed by atoms with Crippen molar-refractivity contribution in [2.24, 2.45) is 0 Å². The van der Waals surface area contributed by atoms with Crippen LogP contribution in [0.2, 0.25) is 5.02 Å². The second kappa shape index (κ2) is 9.44. The molecular weight excluding hydrogens is 479 g/mol. The number of amides is 2. The molecule has 9 heteroatoms. The Labute approximate surface area is 205 Å². The topological polar surface area (TPSA) is 77.9 Å². The molecule has 2 amide bonds. The molecule has 34 heavy (non-hydrogen) atoms. The Morgan fingerprint density at radius 2 is 1.79 bits per heavy atom. The minimum Gasteiger partial charge on any atom is -0.389 e. The van der Waals surface area contributed by atoms with Crippen LogP contribution in [0.1, 0.15) is 38.4 Å². The lowest BCUT2D eigenvalue weighted by atomic mass is 9.85. The van der Waals surface area contributed by atoms with Gasteiger partial charge >= 0.3 is 0 Å². The number of rotatable bonds is 5. The second-order valence-electron chi connectivity index (χ2n) is 8.83. The van der Waals surface area contributed by atoms with E-state index in [-0.39, 0.29) is 27.2 Å². The summed E-state index contributed by atoms with van der Waals surface area (Å²) in [5.41, 5.74) is 0.101. The maximum Gasteiger partial charge on any atom is 0.295 e. The van der Waals surface area contributed by atoms with E-state index in [9.17, 15) is 23.9 Å². The number of ketones is 1. The average molecular weight is 503 g/mol. The van der Waals surface area contributed by atoms with Crippen molar-refractivity contribution in [3.8, 4) is 0 Å². The van der Waals surface area contributed by atoms with E-state index in [4.69, 9.17) is 11.6 Å². The molecule has 0 aliphatic carbocycles. The van der Waals surface area contributed by atoms with Gasteiger partial charge in [-0.3, -0.25) is 14.4 Å². The summed E-state index contributed by atoms with van der Waals surface area (Å²) in [6.45, 7) is 0.666. The molecule has 178 valence electrons. The van der Waals surface area contributed by atoms with Gasteiger partial charge in [0, 0.05) is 39.0 Å². The number of Topliss-reactive ketones (excluding diaryl/α,β-unsaturated/α-hetero) is 1. The van der Waals surface area contributed by atoms with Crippen LogP contribution in [0.15, 0.2) is 41.8 Å². The van der Waals surface area contributed by atoms with E-state index in [0.29, 0.717) is 43.1 Å². The summed E-state index contributed by atoms with van der Waals surface area (Å²) in [6.07, 6.45) is 1.12. The highest BCUT2D eigenvalue weighted by atomic mass is 35.5. The van der Waals surface area contributed by atoms with Crippen LogP contribution in [0.25, 0.3) is 10.8 Å². The molecule has 0 radical (unpaired) electrons. The number of carbonyl (C=O) groups is 3. The smallest absolute Gasteiger partial charge is 0.295 e. The van der Waals surface area contributed by atoms with Crippen LogP contribution in [-0.2, 0) is 11.2 Å². The molecule has 0 saturated carbocycles. The molecule has 1 aliphatic heterocycles. The van der Waals surface area contributed by atoms with E-state index in [1.54, 1.807) is 34.5 Å². The zero-order valence-electron chi connectivity index (χ0n) is 18.8. The van der Waals surface area contributed by atoms with E-state index < -0.39 is 17.3 Å². The molecular formula is C25H24ClFN2O4S. The summed E-state index contributed by atoms with van der Waals surface area (Å²) in [7, 11) is 3.02. The molecule has 1 aliphatic rings. The van der Waals surface area contributed by atoms with Crippen molar-refractivity contribution in [3.05, 3.63) is 68.6 Å². The summed E-state index contributed by atoms with van der Waals surface area (Å²) in [5.74, 6) is -1.89. The number of carbonyl (C=O) groups excluding carboxylic acids is 3. The number of piperidine rings is 1. The van der Waals surface area contributed by atoms with Gasteiger partial charge in [0.1, 0.15) is 5.82 Å². The van der Waals surface area contributed by atoms with Gasteiger partial charge in [-0.25, -0.2) is 4.39 Å². The first-order valence-electron chi connectivity index (χ1n) is 10.8. The van der Waals surface area contributed by atoms with Crippen molar-refractivity contribution < 1.29 is 23.9 Å². The van der Waals surface area contributed by atoms with Gasteiger partial charge in [-0.15, -0.1) is 11.3 Å². The van der Waals surface area contributed by atoms with Crippen LogP contribution in [-0.4, -0.2) is 65.3 Å². The highest BCUT2D eigenvalue weighted by Gasteiger charge is 2.35. The predicted molar refractivity (Wildman–Crippen MR) is 130 cm³/mol. The van der Waals surface area contributed by atoms with E-state index in [2.05, 4.69) is 0 Å². The Hall–Kier alpha value is -2.81. The fourth-order valence-electron chi connectivity index (χ4n) is 4.16. The van der Waals surface area contributed by atoms with Crippen molar-refractivity contribution in [1.29, 1.82) is 0 Å². The van der Waals surface area contributed by atoms with Crippen molar-refractivity contribution in [1.82, 2.24) is 9.80 Å². The van der Waals surface area contributed by atoms with E-state index >= 15 is 0 Å². The van der Waals surface area contributed by atoms with Gasteiger partial charge in [0.05, 0.1) is 21.1 Å². The lowest BCUT2D eigenvalue weighted by Crippen LogP contribution is -2.47. The van der Waals surface area contributed by atoms with E-state index in [0.717, 1.165) is 16.9 Å². The number of nitrogens with zero attached hydrogens (tertiary/aromatic N) is 2. The number of likely N-dealkylation sites (tertiary alicyclic amines) is 1. The summed E-state index contributed by atoms with van der Waals surface area (Å²) in [4.78, 5) is 41.2. The molecule has 1 saturated heterocycles. The molecule has 4 rings (SSSR count). The van der Waals surface area contributed by atoms with Crippen molar-refractivity contribution in [2.45, 2.75) is 24.9 Å². The lowest BCUT2D eigenvalue weighted by Gasteiger charge is -2.38. The molecule has 1 N–H and O–H groups in total. The third kappa shape index (κ3) is 4.85. The predicted octanol–water partition coefficient (Wildman–Crippen LogP) is 4.17. The highest BCUT2D eigenvalue weighted by molar-refractivity contribution is 7.14. The first-order chi connectivity index (χ1) is 16.1. The molecule has 3 aromatic rings. The van der Waals surface area contributed by atoms with Crippen molar-refractivity contribution >= 4 is 51.3 Å². The minimum absolute atomic E-state index is 0.253. The first-order valence-corrected chi connectivity index (χ1v) is 12.1. The third-order valence-electron chi connectivity index (χ3n) is 6.15. The Morgan fingerprint density at radius 3 is 2.41 bits per heavy atom. The molecule has 1 fully saturated rings. The summed E-state index contributed by atoms with van der Waals surface area (Å²) in [5, 5.41) is 14.2. The third-order valence-corrected chi connectivity index (χ3v) is 7.48. The van der Waals surface area contributed by atoms with Crippen LogP contribution >= 0.6 is 22.9 Å². The van der Waals surface area contributed by atoms with Crippen LogP contribution in [0, 0.1) is 5.82 Å². The quantitative estimate of drug-likeness (QED) is 0.419. The van der Waals surface area contributed by atoms with Crippen LogP contribution < -0.4 is 0 Å². The average Bonchev–Trinajstić information content (AvgIpc) is 3.21. The number of aliphatic hydroxyl groups is 1. The molecule has 1 aromatic heterocycles. The molecule has 6 nitrogen and oxygen atoms in total. The van der Waals surface area contributed by atoms with Crippen molar-refractivity contribution in [2.75, 3.05) is 27.2 Å². The lowest BCUT2D eigenvalue weighted by molar-refractivity contribution is -0.124. The van der Waals surface area contributed by atoms with Gasteiger partial charge in [0.2, 0.25) is 0 Å². The number of hydrogen-bond donors (Lipinski definition) is 1. The Kier molecular flexibility index (Phi) is 6.75. The van der Waals surface area contributed by atoms with Crippen LogP contribution in [0.4, 0.5) is 4.39 Å². The number of benzene rings is 2. The molecule has 0 spiro atoms. The molecule has 2 aromatic carbocycles. The van der Waals surface area contributed by atoms with Gasteiger partial charge < -0.3 is 14.9 Å². The fourth-order valence-corrected chi connectivity index (χ4v) is 5.35. The van der Waals surface area contributed by atoms with Crippen LogP contribution in [0.5, 0.6) is 0 Å². The number of fused-ring (bicyclic) bond motifs is 1. The van der Waals surface area contributed by atoms with Gasteiger partial charge in [-0.2, -0.15) is 0 Å². The van der Waals surface area contributed by atoms with Gasteiger partial charge in [-0.05, 0) is 53.4 Å². The normalized spacial score (nSPS) is 15.4. The van der Waals surface area contributed by atoms with Gasteiger partial charge in [0.15, 0.2) is 0 Å². The number of halogens is 2. The molecule has 0 bridgehead atoms. The van der Waals surface area contributed by atoms with Crippen molar-refractivity contribution in [3.63, 3.8) is 0 Å². The molecule has 0 unspecified atom stereocenters. The maximum atomic E-state index is 13.3. The Bertz CT molecular complexity index is 1260. The summed E-state index contributed by atoms with van der Waals surface area (Å²) in [6, 6.07) is 9.25. The zero-order chi connectivity index (χ0) is 24.6. The number of likely N-dealkylation sites (N-methyl/N-ethyl adjacent to an activating group) is 1. The first kappa shape index (κ1) is 24.3. The van der Waals surface area contributed by atoms with Gasteiger partial charge in [-0.1, -0.05) is 23.7 Å². The minimum atomic E-state index is -0.984. The fraction of sp³-hybridized carbons (Fsp3) is 0.320. The maximum absolute atomic E-state index is 13.3. The van der Waals surface area contributed by atoms with E-state index in [1.165, 1.54) is 31.1 Å². The number of thiophene rings is 1. The number of hydrogen-bond acceptors (Lipinski definition) is 5. The van der Waals surface area contributed by atoms with Crippen LogP contribution in [0.3, 0.4) is 0 Å². The molecule has 0 atom stereocenters. The standard InChI is InChI=1S/C25H24ClFN2O4S/c1-28(2)24(32)21(30)22-18-12-19(20(26)11-16(18)14-34-22)23(31)29-9-7-25(33,8-10-29)13-15-3-5-17(27)6-4-15/h3-6,11-12,14,33H,7-10,13H2,1-2H3. The monoisotopic (exact) mass is 502 g/mol. The Balaban J connectivity index is 1.52. The second-order valence-corrected chi connectivity index (χ2v) is 10.1. The largest absolute Gasteiger partial charge is 0.389 e. The highest BCUT2D eigenvalue weighted by Crippen LogP contribution is 2.33.